The van der Waals surface area contributed by atoms with E-state index in [4.69, 9.17) is 4.42 Å². The maximum absolute atomic E-state index is 12.9. The minimum Gasteiger partial charge on any atom is -0.465 e. The number of hydrogen-bond acceptors (Lipinski definition) is 5. The van der Waals surface area contributed by atoms with Crippen LogP contribution in [-0.4, -0.2) is 33.5 Å². The van der Waals surface area contributed by atoms with Gasteiger partial charge in [0.25, 0.3) is 10.0 Å². The molecule has 0 unspecified atom stereocenters. The molecule has 112 valence electrons. The van der Waals surface area contributed by atoms with Crippen LogP contribution in [0.1, 0.15) is 11.5 Å². The highest BCUT2D eigenvalue weighted by atomic mass is 32.2. The number of sulfonamides is 1. The quantitative estimate of drug-likeness (QED) is 0.848. The third-order valence-corrected chi connectivity index (χ3v) is 5.58. The zero-order chi connectivity index (χ0) is 15.2. The predicted octanol–water partition coefficient (Wildman–Crippen LogP) is 1.94. The summed E-state index contributed by atoms with van der Waals surface area (Å²) in [6, 6.07) is 3.39. The summed E-state index contributed by atoms with van der Waals surface area (Å²) >= 11 is 0. The Kier molecular flexibility index (Phi) is 3.16. The Balaban J connectivity index is 2.13. The third-order valence-electron chi connectivity index (χ3n) is 3.66. The first-order valence-corrected chi connectivity index (χ1v) is 8.10. The second-order valence-electron chi connectivity index (χ2n) is 5.14. The lowest BCUT2D eigenvalue weighted by Gasteiger charge is -2.35. The molecule has 3 rings (SSSR count). The Morgan fingerprint density at radius 3 is 2.67 bits per heavy atom. The van der Waals surface area contributed by atoms with Crippen molar-refractivity contribution in [2.75, 3.05) is 29.3 Å². The van der Waals surface area contributed by atoms with Gasteiger partial charge in [-0.05, 0) is 19.9 Å². The maximum Gasteiger partial charge on any atom is 0.267 e. The van der Waals surface area contributed by atoms with E-state index in [1.165, 1.54) is 4.31 Å². The summed E-state index contributed by atoms with van der Waals surface area (Å²) in [5, 5.41) is 0. The molecule has 1 aliphatic rings. The molecule has 3 heterocycles. The Bertz CT molecular complexity index is 783. The van der Waals surface area contributed by atoms with E-state index < -0.39 is 10.0 Å². The number of aromatic nitrogens is 1. The summed E-state index contributed by atoms with van der Waals surface area (Å²) in [6.45, 7) is 4.43. The number of fused-ring (bicyclic) bond motifs is 1. The van der Waals surface area contributed by atoms with Gasteiger partial charge in [0.2, 0.25) is 0 Å². The van der Waals surface area contributed by atoms with E-state index in [1.54, 1.807) is 32.3 Å². The van der Waals surface area contributed by atoms with Gasteiger partial charge in [-0.2, -0.15) is 0 Å². The second kappa shape index (κ2) is 4.77. The molecular formula is C14H17N3O3S. The highest BCUT2D eigenvalue weighted by Crippen LogP contribution is 2.35. The van der Waals surface area contributed by atoms with Crippen molar-refractivity contribution in [1.82, 2.24) is 4.98 Å². The fourth-order valence-electron chi connectivity index (χ4n) is 2.61. The van der Waals surface area contributed by atoms with E-state index >= 15 is 0 Å². The van der Waals surface area contributed by atoms with Crippen LogP contribution >= 0.6 is 0 Å². The van der Waals surface area contributed by atoms with Gasteiger partial charge in [-0.1, -0.05) is 0 Å². The molecular weight excluding hydrogens is 290 g/mol. The summed E-state index contributed by atoms with van der Waals surface area (Å²) < 4.78 is 32.6. The van der Waals surface area contributed by atoms with Gasteiger partial charge in [0, 0.05) is 25.9 Å². The van der Waals surface area contributed by atoms with E-state index in [-0.39, 0.29) is 4.90 Å². The van der Waals surface area contributed by atoms with Gasteiger partial charge in [-0.15, -0.1) is 0 Å². The molecule has 7 heteroatoms. The molecule has 1 aliphatic heterocycles. The summed E-state index contributed by atoms with van der Waals surface area (Å²) in [4.78, 5) is 6.31. The van der Waals surface area contributed by atoms with Crippen molar-refractivity contribution in [3.8, 4) is 0 Å². The van der Waals surface area contributed by atoms with Crippen molar-refractivity contribution < 1.29 is 12.8 Å². The lowest BCUT2D eigenvalue weighted by Crippen LogP contribution is -2.42. The summed E-state index contributed by atoms with van der Waals surface area (Å²) in [7, 11) is -1.70. The van der Waals surface area contributed by atoms with Gasteiger partial charge < -0.3 is 9.32 Å². The topological polar surface area (TPSA) is 66.7 Å². The standard InChI is InChI=1S/C14H17N3O3S/c1-10-8-14(11(2)20-10)21(18,19)17-7-6-16(3)12-4-5-15-9-13(12)17/h4-5,8-9H,6-7H2,1-3H3. The Hall–Kier alpha value is -2.02. The van der Waals surface area contributed by atoms with Gasteiger partial charge in [0.15, 0.2) is 0 Å². The van der Waals surface area contributed by atoms with Crippen molar-refractivity contribution >= 4 is 21.4 Å². The van der Waals surface area contributed by atoms with Crippen molar-refractivity contribution in [2.45, 2.75) is 18.7 Å². The number of aryl methyl sites for hydroxylation is 2. The number of anilines is 2. The third kappa shape index (κ3) is 2.17. The van der Waals surface area contributed by atoms with Crippen LogP contribution in [0.15, 0.2) is 33.8 Å². The van der Waals surface area contributed by atoms with Crippen LogP contribution in [0, 0.1) is 13.8 Å². The van der Waals surface area contributed by atoms with Crippen molar-refractivity contribution in [2.24, 2.45) is 0 Å². The predicted molar refractivity (Wildman–Crippen MR) is 80.2 cm³/mol. The molecule has 0 saturated heterocycles. The number of furan rings is 1. The first-order valence-electron chi connectivity index (χ1n) is 6.66. The highest BCUT2D eigenvalue weighted by Gasteiger charge is 2.33. The van der Waals surface area contributed by atoms with Gasteiger partial charge in [0.1, 0.15) is 16.4 Å². The van der Waals surface area contributed by atoms with Crippen LogP contribution in [0.4, 0.5) is 11.4 Å². The summed E-state index contributed by atoms with van der Waals surface area (Å²) in [6.07, 6.45) is 3.25. The van der Waals surface area contributed by atoms with E-state index in [9.17, 15) is 8.42 Å². The molecule has 2 aromatic heterocycles. The van der Waals surface area contributed by atoms with E-state index in [0.29, 0.717) is 30.3 Å². The molecule has 0 radical (unpaired) electrons. The molecule has 0 bridgehead atoms. The van der Waals surface area contributed by atoms with Crippen molar-refractivity contribution in [3.63, 3.8) is 0 Å². The Morgan fingerprint density at radius 1 is 1.24 bits per heavy atom. The summed E-state index contributed by atoms with van der Waals surface area (Å²) in [5.74, 6) is 1.00. The molecule has 21 heavy (non-hydrogen) atoms. The first kappa shape index (κ1) is 13.9. The number of likely N-dealkylation sites (N-methyl/N-ethyl adjacent to an activating group) is 1. The molecule has 0 spiro atoms. The van der Waals surface area contributed by atoms with Gasteiger partial charge >= 0.3 is 0 Å². The zero-order valence-corrected chi connectivity index (χ0v) is 13.0. The second-order valence-corrected chi connectivity index (χ2v) is 6.97. The average molecular weight is 307 g/mol. The Morgan fingerprint density at radius 2 is 2.00 bits per heavy atom. The van der Waals surface area contributed by atoms with Crippen LogP contribution in [0.5, 0.6) is 0 Å². The minimum absolute atomic E-state index is 0.222. The minimum atomic E-state index is -3.64. The van der Waals surface area contributed by atoms with Crippen LogP contribution in [0.25, 0.3) is 0 Å². The molecule has 0 saturated carbocycles. The number of pyridine rings is 1. The van der Waals surface area contributed by atoms with Gasteiger partial charge in [-0.25, -0.2) is 8.42 Å². The molecule has 0 fully saturated rings. The highest BCUT2D eigenvalue weighted by molar-refractivity contribution is 7.92. The van der Waals surface area contributed by atoms with Crippen LogP contribution in [0.3, 0.4) is 0 Å². The molecule has 2 aromatic rings. The Labute approximate surface area is 124 Å². The lowest BCUT2D eigenvalue weighted by molar-refractivity contribution is 0.496. The van der Waals surface area contributed by atoms with Gasteiger partial charge in [0.05, 0.1) is 24.1 Å². The number of rotatable bonds is 2. The fraction of sp³-hybridized carbons (Fsp3) is 0.357. The first-order chi connectivity index (χ1) is 9.91. The molecule has 0 N–H and O–H groups in total. The van der Waals surface area contributed by atoms with E-state index in [0.717, 1.165) is 5.69 Å². The molecule has 0 aromatic carbocycles. The molecule has 0 atom stereocenters. The van der Waals surface area contributed by atoms with Crippen LogP contribution in [0.2, 0.25) is 0 Å². The van der Waals surface area contributed by atoms with Crippen molar-refractivity contribution in [1.29, 1.82) is 0 Å². The van der Waals surface area contributed by atoms with Crippen LogP contribution < -0.4 is 9.21 Å². The number of hydrogen-bond donors (Lipinski definition) is 0. The molecule has 0 aliphatic carbocycles. The van der Waals surface area contributed by atoms with Gasteiger partial charge in [-0.3, -0.25) is 9.29 Å². The smallest absolute Gasteiger partial charge is 0.267 e. The normalized spacial score (nSPS) is 15.2. The maximum atomic E-state index is 12.9. The zero-order valence-electron chi connectivity index (χ0n) is 12.2. The summed E-state index contributed by atoms with van der Waals surface area (Å²) in [5.41, 5.74) is 1.46. The van der Waals surface area contributed by atoms with E-state index in [2.05, 4.69) is 4.98 Å². The SMILES string of the molecule is Cc1cc(S(=O)(=O)N2CCN(C)c3ccncc32)c(C)o1. The molecule has 0 amide bonds. The fourth-order valence-corrected chi connectivity index (χ4v) is 4.29. The largest absolute Gasteiger partial charge is 0.465 e. The monoisotopic (exact) mass is 307 g/mol. The molecule has 6 nitrogen and oxygen atoms in total. The average Bonchev–Trinajstić information content (AvgIpc) is 2.79. The van der Waals surface area contributed by atoms with E-state index in [1.807, 2.05) is 18.0 Å². The van der Waals surface area contributed by atoms with Crippen LogP contribution in [-0.2, 0) is 10.0 Å². The number of nitrogens with zero attached hydrogens (tertiary/aromatic N) is 3. The lowest BCUT2D eigenvalue weighted by atomic mass is 10.2. The van der Waals surface area contributed by atoms with Crippen molar-refractivity contribution in [3.05, 3.63) is 36.0 Å².